The predicted molar refractivity (Wildman–Crippen MR) is 79.4 cm³/mol. The van der Waals surface area contributed by atoms with Crippen molar-refractivity contribution in [2.75, 3.05) is 13.1 Å². The van der Waals surface area contributed by atoms with Gasteiger partial charge < -0.3 is 5.32 Å². The molecule has 0 heterocycles. The summed E-state index contributed by atoms with van der Waals surface area (Å²) in [6.45, 7) is 6.88. The van der Waals surface area contributed by atoms with Gasteiger partial charge in [-0.05, 0) is 62.4 Å². The lowest BCUT2D eigenvalue weighted by Crippen LogP contribution is -2.18. The molecule has 1 aromatic carbocycles. The normalized spacial score (nSPS) is 12.6. The molecule has 0 aliphatic carbocycles. The number of nitrogens with one attached hydrogen (secondary N) is 1. The summed E-state index contributed by atoms with van der Waals surface area (Å²) in [5, 5.41) is 3.47. The molecular formula is C15H24BrN. The second-order valence-electron chi connectivity index (χ2n) is 4.81. The molecule has 0 saturated heterocycles. The van der Waals surface area contributed by atoms with Crippen LogP contribution in [0, 0.1) is 5.92 Å². The highest BCUT2D eigenvalue weighted by atomic mass is 79.9. The van der Waals surface area contributed by atoms with Gasteiger partial charge in [-0.3, -0.25) is 0 Å². The molecule has 0 aliphatic heterocycles. The van der Waals surface area contributed by atoms with Crippen molar-refractivity contribution in [3.63, 3.8) is 0 Å². The summed E-state index contributed by atoms with van der Waals surface area (Å²) < 4.78 is 1.16. The van der Waals surface area contributed by atoms with Crippen LogP contribution in [0.15, 0.2) is 28.7 Å². The first kappa shape index (κ1) is 14.7. The van der Waals surface area contributed by atoms with E-state index in [-0.39, 0.29) is 0 Å². The fraction of sp³-hybridized carbons (Fsp3) is 0.600. The summed E-state index contributed by atoms with van der Waals surface area (Å²) in [7, 11) is 0. The third-order valence-corrected chi connectivity index (χ3v) is 3.61. The van der Waals surface area contributed by atoms with E-state index in [1.165, 1.54) is 31.2 Å². The van der Waals surface area contributed by atoms with E-state index >= 15 is 0 Å². The van der Waals surface area contributed by atoms with Gasteiger partial charge in [-0.1, -0.05) is 41.9 Å². The van der Waals surface area contributed by atoms with Crippen molar-refractivity contribution >= 4 is 15.9 Å². The standard InChI is InChI=1S/C15H24BrN/c1-3-11-17-12-10-13(2)4-5-14-6-8-15(16)9-7-14/h6-9,13,17H,3-5,10-12H2,1-2H3. The first-order valence-corrected chi connectivity index (χ1v) is 7.46. The second-order valence-corrected chi connectivity index (χ2v) is 5.72. The molecule has 2 heteroatoms. The molecule has 1 atom stereocenters. The van der Waals surface area contributed by atoms with Gasteiger partial charge in [0.1, 0.15) is 0 Å². The van der Waals surface area contributed by atoms with Crippen LogP contribution >= 0.6 is 15.9 Å². The summed E-state index contributed by atoms with van der Waals surface area (Å²) in [6.07, 6.45) is 5.00. The van der Waals surface area contributed by atoms with Crippen LogP contribution < -0.4 is 5.32 Å². The van der Waals surface area contributed by atoms with Gasteiger partial charge in [-0.15, -0.1) is 0 Å². The van der Waals surface area contributed by atoms with Crippen molar-refractivity contribution in [1.82, 2.24) is 5.32 Å². The number of halogens is 1. The summed E-state index contributed by atoms with van der Waals surface area (Å²) >= 11 is 3.47. The molecule has 0 bridgehead atoms. The summed E-state index contributed by atoms with van der Waals surface area (Å²) in [6, 6.07) is 8.68. The summed E-state index contributed by atoms with van der Waals surface area (Å²) in [5.41, 5.74) is 1.45. The smallest absolute Gasteiger partial charge is 0.0175 e. The number of benzene rings is 1. The largest absolute Gasteiger partial charge is 0.317 e. The topological polar surface area (TPSA) is 12.0 Å². The van der Waals surface area contributed by atoms with Crippen LogP contribution in [0.4, 0.5) is 0 Å². The molecule has 17 heavy (non-hydrogen) atoms. The Morgan fingerprint density at radius 1 is 1.12 bits per heavy atom. The van der Waals surface area contributed by atoms with Crippen molar-refractivity contribution in [3.8, 4) is 0 Å². The lowest BCUT2D eigenvalue weighted by molar-refractivity contribution is 0.470. The lowest BCUT2D eigenvalue weighted by atomic mass is 9.98. The zero-order chi connectivity index (χ0) is 12.5. The van der Waals surface area contributed by atoms with Gasteiger partial charge >= 0.3 is 0 Å². The molecule has 1 aromatic rings. The van der Waals surface area contributed by atoms with Crippen molar-refractivity contribution in [3.05, 3.63) is 34.3 Å². The highest BCUT2D eigenvalue weighted by Gasteiger charge is 2.02. The molecule has 0 radical (unpaired) electrons. The Morgan fingerprint density at radius 3 is 2.47 bits per heavy atom. The van der Waals surface area contributed by atoms with Crippen LogP contribution in [-0.2, 0) is 6.42 Å². The third-order valence-electron chi connectivity index (χ3n) is 3.08. The van der Waals surface area contributed by atoms with Crippen molar-refractivity contribution in [2.24, 2.45) is 5.92 Å². The van der Waals surface area contributed by atoms with E-state index in [4.69, 9.17) is 0 Å². The van der Waals surface area contributed by atoms with Gasteiger partial charge in [0, 0.05) is 4.47 Å². The number of rotatable bonds is 8. The Labute approximate surface area is 114 Å². The highest BCUT2D eigenvalue weighted by Crippen LogP contribution is 2.15. The van der Waals surface area contributed by atoms with Crippen LogP contribution in [0.1, 0.15) is 38.7 Å². The zero-order valence-corrected chi connectivity index (χ0v) is 12.6. The van der Waals surface area contributed by atoms with Gasteiger partial charge in [-0.2, -0.15) is 0 Å². The molecule has 1 nitrogen and oxygen atoms in total. The Hall–Kier alpha value is -0.340. The van der Waals surface area contributed by atoms with Gasteiger partial charge in [-0.25, -0.2) is 0 Å². The van der Waals surface area contributed by atoms with E-state index in [1.54, 1.807) is 0 Å². The fourth-order valence-corrected chi connectivity index (χ4v) is 2.12. The minimum Gasteiger partial charge on any atom is -0.317 e. The monoisotopic (exact) mass is 297 g/mol. The zero-order valence-electron chi connectivity index (χ0n) is 11.0. The number of hydrogen-bond donors (Lipinski definition) is 1. The lowest BCUT2D eigenvalue weighted by Gasteiger charge is -2.11. The molecule has 1 unspecified atom stereocenters. The molecule has 1 N–H and O–H groups in total. The van der Waals surface area contributed by atoms with Crippen LogP contribution in [-0.4, -0.2) is 13.1 Å². The van der Waals surface area contributed by atoms with Crippen LogP contribution in [0.3, 0.4) is 0 Å². The van der Waals surface area contributed by atoms with E-state index in [0.29, 0.717) is 0 Å². The Kier molecular flexibility index (Phi) is 7.54. The predicted octanol–water partition coefficient (Wildman–Crippen LogP) is 4.41. The molecular weight excluding hydrogens is 274 g/mol. The first-order valence-electron chi connectivity index (χ1n) is 6.67. The maximum Gasteiger partial charge on any atom is 0.0175 e. The highest BCUT2D eigenvalue weighted by molar-refractivity contribution is 9.10. The molecule has 0 aliphatic rings. The maximum atomic E-state index is 3.47. The third kappa shape index (κ3) is 6.85. The SMILES string of the molecule is CCCNCCC(C)CCc1ccc(Br)cc1. The molecule has 0 amide bonds. The van der Waals surface area contributed by atoms with E-state index < -0.39 is 0 Å². The van der Waals surface area contributed by atoms with Gasteiger partial charge in [0.25, 0.3) is 0 Å². The summed E-state index contributed by atoms with van der Waals surface area (Å²) in [4.78, 5) is 0. The molecule has 0 fully saturated rings. The van der Waals surface area contributed by atoms with Gasteiger partial charge in [0.15, 0.2) is 0 Å². The number of aryl methyl sites for hydroxylation is 1. The molecule has 0 spiro atoms. The van der Waals surface area contributed by atoms with Crippen LogP contribution in [0.2, 0.25) is 0 Å². The van der Waals surface area contributed by atoms with E-state index in [9.17, 15) is 0 Å². The average molecular weight is 298 g/mol. The maximum absolute atomic E-state index is 3.47. The molecule has 0 aromatic heterocycles. The molecule has 0 saturated carbocycles. The van der Waals surface area contributed by atoms with Crippen LogP contribution in [0.5, 0.6) is 0 Å². The van der Waals surface area contributed by atoms with Crippen molar-refractivity contribution < 1.29 is 0 Å². The van der Waals surface area contributed by atoms with E-state index in [2.05, 4.69) is 59.4 Å². The number of hydrogen-bond acceptors (Lipinski definition) is 1. The van der Waals surface area contributed by atoms with E-state index in [0.717, 1.165) is 23.5 Å². The Bertz CT molecular complexity index is 294. The summed E-state index contributed by atoms with van der Waals surface area (Å²) in [5.74, 6) is 0.808. The van der Waals surface area contributed by atoms with Crippen molar-refractivity contribution in [2.45, 2.75) is 39.5 Å². The van der Waals surface area contributed by atoms with Gasteiger partial charge in [0.05, 0.1) is 0 Å². The van der Waals surface area contributed by atoms with Gasteiger partial charge in [0.2, 0.25) is 0 Å². The average Bonchev–Trinajstić information content (AvgIpc) is 2.34. The first-order chi connectivity index (χ1) is 8.22. The molecule has 96 valence electrons. The second kappa shape index (κ2) is 8.71. The van der Waals surface area contributed by atoms with Crippen molar-refractivity contribution in [1.29, 1.82) is 0 Å². The fourth-order valence-electron chi connectivity index (χ4n) is 1.86. The van der Waals surface area contributed by atoms with E-state index in [1.807, 2.05) is 0 Å². The Morgan fingerprint density at radius 2 is 1.82 bits per heavy atom. The van der Waals surface area contributed by atoms with Crippen LogP contribution in [0.25, 0.3) is 0 Å². The Balaban J connectivity index is 2.14. The quantitative estimate of drug-likeness (QED) is 0.701. The minimum atomic E-state index is 0.808. The minimum absolute atomic E-state index is 0.808. The molecule has 1 rings (SSSR count).